The Labute approximate surface area is 175 Å². The van der Waals surface area contributed by atoms with E-state index in [-0.39, 0.29) is 5.41 Å². The van der Waals surface area contributed by atoms with Gasteiger partial charge in [0.1, 0.15) is 6.04 Å². The predicted molar refractivity (Wildman–Crippen MR) is 113 cm³/mol. The number of hydrogen-bond acceptors (Lipinski definition) is 4. The minimum Gasteiger partial charge on any atom is -0.454 e. The fourth-order valence-corrected chi connectivity index (χ4v) is 2.65. The lowest BCUT2D eigenvalue weighted by atomic mass is 9.86. The summed E-state index contributed by atoms with van der Waals surface area (Å²) in [4.78, 5) is 36.3. The van der Waals surface area contributed by atoms with Crippen LogP contribution in [-0.4, -0.2) is 30.4 Å². The summed E-state index contributed by atoms with van der Waals surface area (Å²) < 4.78 is 4.97. The first kappa shape index (κ1) is 22.4. The Morgan fingerprint density at radius 3 is 2.24 bits per heavy atom. The molecule has 2 N–H and O–H groups in total. The SMILES string of the molecule is C[C@H](NC(=O)c1ccc(C(C)(C)C)cc1)C(=O)OCC(=O)Nc1ccccc1Cl. The van der Waals surface area contributed by atoms with Crippen LogP contribution < -0.4 is 10.6 Å². The van der Waals surface area contributed by atoms with Crippen LogP contribution in [0.4, 0.5) is 5.69 Å². The van der Waals surface area contributed by atoms with Crippen LogP contribution in [-0.2, 0) is 19.7 Å². The lowest BCUT2D eigenvalue weighted by Crippen LogP contribution is -2.40. The normalized spacial score (nSPS) is 12.0. The van der Waals surface area contributed by atoms with Gasteiger partial charge in [0.05, 0.1) is 10.7 Å². The molecule has 0 saturated carbocycles. The van der Waals surface area contributed by atoms with Crippen molar-refractivity contribution in [3.8, 4) is 0 Å². The van der Waals surface area contributed by atoms with Gasteiger partial charge in [0.15, 0.2) is 6.61 Å². The fraction of sp³-hybridized carbons (Fsp3) is 0.318. The molecule has 0 saturated heterocycles. The van der Waals surface area contributed by atoms with E-state index in [9.17, 15) is 14.4 Å². The molecule has 0 spiro atoms. The second-order valence-corrected chi connectivity index (χ2v) is 8.07. The topological polar surface area (TPSA) is 84.5 Å². The van der Waals surface area contributed by atoms with Gasteiger partial charge in [0, 0.05) is 5.56 Å². The Morgan fingerprint density at radius 1 is 1.03 bits per heavy atom. The van der Waals surface area contributed by atoms with Crippen LogP contribution >= 0.6 is 11.6 Å². The van der Waals surface area contributed by atoms with E-state index in [1.165, 1.54) is 6.92 Å². The van der Waals surface area contributed by atoms with Crippen LogP contribution in [0.2, 0.25) is 5.02 Å². The number of carbonyl (C=O) groups is 3. The molecule has 0 radical (unpaired) electrons. The molecular formula is C22H25ClN2O4. The average Bonchev–Trinajstić information content (AvgIpc) is 2.67. The zero-order valence-electron chi connectivity index (χ0n) is 16.9. The summed E-state index contributed by atoms with van der Waals surface area (Å²) in [6.45, 7) is 7.27. The Balaban J connectivity index is 1.84. The zero-order valence-corrected chi connectivity index (χ0v) is 17.7. The van der Waals surface area contributed by atoms with E-state index >= 15 is 0 Å². The number of ether oxygens (including phenoxy) is 1. The number of halogens is 1. The highest BCUT2D eigenvalue weighted by Gasteiger charge is 2.20. The molecule has 6 nitrogen and oxygen atoms in total. The van der Waals surface area contributed by atoms with Crippen molar-refractivity contribution in [3.63, 3.8) is 0 Å². The van der Waals surface area contributed by atoms with Crippen molar-refractivity contribution >= 4 is 35.1 Å². The summed E-state index contributed by atoms with van der Waals surface area (Å²) in [6.07, 6.45) is 0. The molecule has 0 aliphatic rings. The van der Waals surface area contributed by atoms with Crippen LogP contribution in [0.3, 0.4) is 0 Å². The molecular weight excluding hydrogens is 392 g/mol. The van der Waals surface area contributed by atoms with Crippen molar-refractivity contribution in [2.24, 2.45) is 0 Å². The summed E-state index contributed by atoms with van der Waals surface area (Å²) in [5, 5.41) is 5.50. The third-order valence-corrected chi connectivity index (χ3v) is 4.54. The molecule has 0 aliphatic heterocycles. The largest absolute Gasteiger partial charge is 0.454 e. The van der Waals surface area contributed by atoms with Gasteiger partial charge in [0.2, 0.25) is 0 Å². The highest BCUT2D eigenvalue weighted by Crippen LogP contribution is 2.22. The molecule has 0 unspecified atom stereocenters. The Kier molecular flexibility index (Phi) is 7.40. The van der Waals surface area contributed by atoms with Gasteiger partial charge < -0.3 is 15.4 Å². The maximum Gasteiger partial charge on any atom is 0.328 e. The van der Waals surface area contributed by atoms with Crippen molar-refractivity contribution in [2.45, 2.75) is 39.2 Å². The lowest BCUT2D eigenvalue weighted by molar-refractivity contribution is -0.148. The summed E-state index contributed by atoms with van der Waals surface area (Å²) >= 11 is 5.96. The number of anilines is 1. The highest BCUT2D eigenvalue weighted by atomic mass is 35.5. The number of hydrogen-bond donors (Lipinski definition) is 2. The van der Waals surface area contributed by atoms with Crippen molar-refractivity contribution in [2.75, 3.05) is 11.9 Å². The quantitative estimate of drug-likeness (QED) is 0.698. The monoisotopic (exact) mass is 416 g/mol. The zero-order chi connectivity index (χ0) is 21.6. The predicted octanol–water partition coefficient (Wildman–Crippen LogP) is 3.94. The summed E-state index contributed by atoms with van der Waals surface area (Å²) in [5.41, 5.74) is 1.95. The van der Waals surface area contributed by atoms with E-state index in [0.717, 1.165) is 5.56 Å². The molecule has 0 fully saturated rings. The Morgan fingerprint density at radius 2 is 1.66 bits per heavy atom. The van der Waals surface area contributed by atoms with Gasteiger partial charge in [-0.05, 0) is 42.2 Å². The molecule has 2 rings (SSSR count). The summed E-state index contributed by atoms with van der Waals surface area (Å²) in [7, 11) is 0. The molecule has 154 valence electrons. The first-order valence-corrected chi connectivity index (χ1v) is 9.58. The van der Waals surface area contributed by atoms with Gasteiger partial charge in [-0.15, -0.1) is 0 Å². The number of nitrogens with one attached hydrogen (secondary N) is 2. The van der Waals surface area contributed by atoms with E-state index in [1.54, 1.807) is 36.4 Å². The number of amides is 2. The van der Waals surface area contributed by atoms with Crippen LogP contribution in [0.25, 0.3) is 0 Å². The maximum absolute atomic E-state index is 12.3. The Bertz CT molecular complexity index is 888. The molecule has 2 aromatic carbocycles. The van der Waals surface area contributed by atoms with Crippen LogP contribution in [0.5, 0.6) is 0 Å². The van der Waals surface area contributed by atoms with Gasteiger partial charge in [-0.3, -0.25) is 9.59 Å². The third-order valence-electron chi connectivity index (χ3n) is 4.21. The van der Waals surface area contributed by atoms with E-state index in [4.69, 9.17) is 16.3 Å². The molecule has 0 aliphatic carbocycles. The second kappa shape index (κ2) is 9.56. The Hall–Kier alpha value is -2.86. The molecule has 2 amide bonds. The van der Waals surface area contributed by atoms with Crippen molar-refractivity contribution in [1.82, 2.24) is 5.32 Å². The van der Waals surface area contributed by atoms with Crippen LogP contribution in [0.1, 0.15) is 43.6 Å². The van der Waals surface area contributed by atoms with Gasteiger partial charge >= 0.3 is 5.97 Å². The molecule has 0 heterocycles. The van der Waals surface area contributed by atoms with E-state index in [0.29, 0.717) is 16.3 Å². The van der Waals surface area contributed by atoms with E-state index < -0.39 is 30.4 Å². The molecule has 1 atom stereocenters. The van der Waals surface area contributed by atoms with Gasteiger partial charge in [-0.1, -0.05) is 56.6 Å². The van der Waals surface area contributed by atoms with Crippen LogP contribution in [0.15, 0.2) is 48.5 Å². The number of para-hydroxylation sites is 1. The average molecular weight is 417 g/mol. The van der Waals surface area contributed by atoms with Crippen molar-refractivity contribution < 1.29 is 19.1 Å². The number of benzene rings is 2. The van der Waals surface area contributed by atoms with Gasteiger partial charge in [-0.25, -0.2) is 4.79 Å². The standard InChI is InChI=1S/C22H25ClN2O4/c1-14(24-20(27)15-9-11-16(12-10-15)22(2,3)4)21(28)29-13-19(26)25-18-8-6-5-7-17(18)23/h5-12,14H,13H2,1-4H3,(H,24,27)(H,25,26)/t14-/m0/s1. The third kappa shape index (κ3) is 6.61. The van der Waals surface area contributed by atoms with Gasteiger partial charge in [0.25, 0.3) is 11.8 Å². The summed E-state index contributed by atoms with van der Waals surface area (Å²) in [5.74, 6) is -1.63. The highest BCUT2D eigenvalue weighted by molar-refractivity contribution is 6.33. The van der Waals surface area contributed by atoms with Gasteiger partial charge in [-0.2, -0.15) is 0 Å². The minimum atomic E-state index is -0.905. The minimum absolute atomic E-state index is 0.0172. The number of rotatable bonds is 6. The van der Waals surface area contributed by atoms with E-state index in [1.807, 2.05) is 12.1 Å². The van der Waals surface area contributed by atoms with E-state index in [2.05, 4.69) is 31.4 Å². The molecule has 2 aromatic rings. The van der Waals surface area contributed by atoms with Crippen LogP contribution in [0, 0.1) is 0 Å². The van der Waals surface area contributed by atoms with Crippen molar-refractivity contribution in [3.05, 3.63) is 64.7 Å². The fourth-order valence-electron chi connectivity index (χ4n) is 2.47. The maximum atomic E-state index is 12.3. The molecule has 7 heteroatoms. The lowest BCUT2D eigenvalue weighted by Gasteiger charge is -2.19. The van der Waals surface area contributed by atoms with Crippen molar-refractivity contribution in [1.29, 1.82) is 0 Å². The molecule has 29 heavy (non-hydrogen) atoms. The summed E-state index contributed by atoms with van der Waals surface area (Å²) in [6, 6.07) is 13.0. The second-order valence-electron chi connectivity index (χ2n) is 7.66. The smallest absolute Gasteiger partial charge is 0.328 e. The number of esters is 1. The first-order chi connectivity index (χ1) is 13.6. The number of carbonyl (C=O) groups excluding carboxylic acids is 3. The molecule has 0 bridgehead atoms. The molecule has 0 aromatic heterocycles. The first-order valence-electron chi connectivity index (χ1n) is 9.20.